The maximum atomic E-state index is 12.1. The summed E-state index contributed by atoms with van der Waals surface area (Å²) in [4.78, 5) is 12.1. The SMILES string of the molecule is COc1ccc(NC(=O)CCCCOc2cccc(C)c2)cc1NS(C)(=O)=O. The van der Waals surface area contributed by atoms with Gasteiger partial charge in [-0.05, 0) is 55.7 Å². The van der Waals surface area contributed by atoms with Gasteiger partial charge in [0, 0.05) is 12.1 Å². The molecule has 2 aromatic rings. The quantitative estimate of drug-likeness (QED) is 0.589. The van der Waals surface area contributed by atoms with E-state index in [2.05, 4.69) is 10.0 Å². The molecule has 2 aromatic carbocycles. The predicted octanol–water partition coefficient (Wildman–Crippen LogP) is 3.56. The normalized spacial score (nSPS) is 11.0. The Labute approximate surface area is 166 Å². The molecule has 2 N–H and O–H groups in total. The molecule has 0 aliphatic carbocycles. The van der Waals surface area contributed by atoms with E-state index < -0.39 is 10.0 Å². The lowest BCUT2D eigenvalue weighted by atomic mass is 10.2. The van der Waals surface area contributed by atoms with Crippen LogP contribution in [0.15, 0.2) is 42.5 Å². The van der Waals surface area contributed by atoms with Crippen LogP contribution in [0.25, 0.3) is 0 Å². The number of anilines is 2. The van der Waals surface area contributed by atoms with E-state index in [0.717, 1.165) is 24.0 Å². The van der Waals surface area contributed by atoms with Crippen molar-refractivity contribution in [3.05, 3.63) is 48.0 Å². The Hall–Kier alpha value is -2.74. The molecule has 0 aliphatic heterocycles. The van der Waals surface area contributed by atoms with E-state index in [0.29, 0.717) is 30.9 Å². The summed E-state index contributed by atoms with van der Waals surface area (Å²) in [6.45, 7) is 2.55. The van der Waals surface area contributed by atoms with E-state index in [4.69, 9.17) is 9.47 Å². The summed E-state index contributed by atoms with van der Waals surface area (Å²) >= 11 is 0. The second kappa shape index (κ2) is 9.98. The van der Waals surface area contributed by atoms with Crippen LogP contribution >= 0.6 is 0 Å². The molecule has 1 amide bonds. The second-order valence-corrected chi connectivity index (χ2v) is 8.21. The molecule has 0 atom stereocenters. The molecule has 0 radical (unpaired) electrons. The molecular weight excluding hydrogens is 380 g/mol. The first-order valence-corrected chi connectivity index (χ1v) is 10.8. The average Bonchev–Trinajstić information content (AvgIpc) is 2.60. The highest BCUT2D eigenvalue weighted by molar-refractivity contribution is 7.92. The number of carbonyl (C=O) groups is 1. The molecule has 0 aliphatic rings. The first-order chi connectivity index (χ1) is 13.3. The number of hydrogen-bond acceptors (Lipinski definition) is 5. The Morgan fingerprint density at radius 1 is 1.11 bits per heavy atom. The van der Waals surface area contributed by atoms with E-state index in [-0.39, 0.29) is 11.6 Å². The van der Waals surface area contributed by atoms with Crippen molar-refractivity contribution in [1.82, 2.24) is 0 Å². The van der Waals surface area contributed by atoms with Crippen LogP contribution in [0.4, 0.5) is 11.4 Å². The number of hydrogen-bond donors (Lipinski definition) is 2. The van der Waals surface area contributed by atoms with Crippen molar-refractivity contribution in [2.45, 2.75) is 26.2 Å². The molecule has 0 fully saturated rings. The third kappa shape index (κ3) is 7.48. The molecule has 0 heterocycles. The molecule has 7 nitrogen and oxygen atoms in total. The van der Waals surface area contributed by atoms with Crippen LogP contribution in [0, 0.1) is 6.92 Å². The van der Waals surface area contributed by atoms with Gasteiger partial charge in [-0.3, -0.25) is 9.52 Å². The zero-order chi connectivity index (χ0) is 20.6. The summed E-state index contributed by atoms with van der Waals surface area (Å²) in [7, 11) is -2.01. The predicted molar refractivity (Wildman–Crippen MR) is 111 cm³/mol. The number of sulfonamides is 1. The van der Waals surface area contributed by atoms with Gasteiger partial charge in [0.05, 0.1) is 25.7 Å². The lowest BCUT2D eigenvalue weighted by Crippen LogP contribution is -2.13. The fraction of sp³-hybridized carbons (Fsp3) is 0.350. The Kier molecular flexibility index (Phi) is 7.69. The molecular formula is C20H26N2O5S. The maximum absolute atomic E-state index is 12.1. The van der Waals surface area contributed by atoms with Crippen LogP contribution in [0.2, 0.25) is 0 Å². The van der Waals surface area contributed by atoms with Crippen LogP contribution in [-0.2, 0) is 14.8 Å². The Balaban J connectivity index is 1.80. The van der Waals surface area contributed by atoms with Crippen molar-refractivity contribution in [2.24, 2.45) is 0 Å². The minimum Gasteiger partial charge on any atom is -0.495 e. The standard InChI is InChI=1S/C20H26N2O5S/c1-15-7-6-8-17(13-15)27-12-5-4-9-20(23)21-16-10-11-19(26-2)18(14-16)22-28(3,24)25/h6-8,10-11,13-14,22H,4-5,9,12H2,1-3H3,(H,21,23). The first-order valence-electron chi connectivity index (χ1n) is 8.92. The third-order valence-electron chi connectivity index (χ3n) is 3.84. The Morgan fingerprint density at radius 2 is 1.89 bits per heavy atom. The van der Waals surface area contributed by atoms with Gasteiger partial charge in [-0.1, -0.05) is 12.1 Å². The van der Waals surface area contributed by atoms with Crippen molar-refractivity contribution in [3.8, 4) is 11.5 Å². The largest absolute Gasteiger partial charge is 0.495 e. The molecule has 0 spiro atoms. The number of amides is 1. The minimum absolute atomic E-state index is 0.147. The van der Waals surface area contributed by atoms with E-state index in [1.807, 2.05) is 31.2 Å². The number of rotatable bonds is 10. The molecule has 0 aromatic heterocycles. The van der Waals surface area contributed by atoms with Gasteiger partial charge in [0.25, 0.3) is 0 Å². The van der Waals surface area contributed by atoms with Crippen molar-refractivity contribution >= 4 is 27.3 Å². The van der Waals surface area contributed by atoms with E-state index >= 15 is 0 Å². The van der Waals surface area contributed by atoms with Crippen LogP contribution in [-0.4, -0.2) is 34.3 Å². The summed E-state index contributed by atoms with van der Waals surface area (Å²) < 4.78 is 36.1. The fourth-order valence-corrected chi connectivity index (χ4v) is 3.13. The highest BCUT2D eigenvalue weighted by Gasteiger charge is 2.11. The monoisotopic (exact) mass is 406 g/mol. The first kappa shape index (κ1) is 21.6. The van der Waals surface area contributed by atoms with Gasteiger partial charge in [0.2, 0.25) is 15.9 Å². The van der Waals surface area contributed by atoms with Crippen LogP contribution in [0.1, 0.15) is 24.8 Å². The van der Waals surface area contributed by atoms with Crippen molar-refractivity contribution in [3.63, 3.8) is 0 Å². The van der Waals surface area contributed by atoms with E-state index in [1.165, 1.54) is 13.2 Å². The number of methoxy groups -OCH3 is 1. The van der Waals surface area contributed by atoms with Gasteiger partial charge in [0.1, 0.15) is 11.5 Å². The summed E-state index contributed by atoms with van der Waals surface area (Å²) in [6.07, 6.45) is 2.83. The third-order valence-corrected chi connectivity index (χ3v) is 4.43. The zero-order valence-electron chi connectivity index (χ0n) is 16.3. The number of benzene rings is 2. The smallest absolute Gasteiger partial charge is 0.229 e. The number of carbonyl (C=O) groups excluding carboxylic acids is 1. The Morgan fingerprint density at radius 3 is 2.57 bits per heavy atom. The molecule has 152 valence electrons. The molecule has 28 heavy (non-hydrogen) atoms. The summed E-state index contributed by atoms with van der Waals surface area (Å²) in [5, 5.41) is 2.77. The molecule has 0 unspecified atom stereocenters. The van der Waals surface area contributed by atoms with E-state index in [1.54, 1.807) is 12.1 Å². The lowest BCUT2D eigenvalue weighted by Gasteiger charge is -2.12. The van der Waals surface area contributed by atoms with E-state index in [9.17, 15) is 13.2 Å². The van der Waals surface area contributed by atoms with Gasteiger partial charge in [-0.15, -0.1) is 0 Å². The van der Waals surface area contributed by atoms with Crippen LogP contribution in [0.5, 0.6) is 11.5 Å². The highest BCUT2D eigenvalue weighted by atomic mass is 32.2. The number of ether oxygens (including phenoxy) is 2. The topological polar surface area (TPSA) is 93.7 Å². The average molecular weight is 407 g/mol. The number of unbranched alkanes of at least 4 members (excludes halogenated alkanes) is 1. The minimum atomic E-state index is -3.46. The van der Waals surface area contributed by atoms with Gasteiger partial charge < -0.3 is 14.8 Å². The summed E-state index contributed by atoms with van der Waals surface area (Å²) in [5.41, 5.74) is 1.91. The molecule has 8 heteroatoms. The van der Waals surface area contributed by atoms with Gasteiger partial charge in [-0.25, -0.2) is 8.42 Å². The molecule has 0 saturated heterocycles. The lowest BCUT2D eigenvalue weighted by molar-refractivity contribution is -0.116. The summed E-state index contributed by atoms with van der Waals surface area (Å²) in [6, 6.07) is 12.6. The maximum Gasteiger partial charge on any atom is 0.229 e. The van der Waals surface area contributed by atoms with Crippen molar-refractivity contribution in [2.75, 3.05) is 30.0 Å². The number of nitrogens with one attached hydrogen (secondary N) is 2. The molecule has 2 rings (SSSR count). The van der Waals surface area contributed by atoms with Crippen LogP contribution in [0.3, 0.4) is 0 Å². The molecule has 0 bridgehead atoms. The number of aryl methyl sites for hydroxylation is 1. The molecule has 0 saturated carbocycles. The van der Waals surface area contributed by atoms with Crippen molar-refractivity contribution < 1.29 is 22.7 Å². The van der Waals surface area contributed by atoms with Crippen molar-refractivity contribution in [1.29, 1.82) is 0 Å². The Bertz CT molecular complexity index is 913. The zero-order valence-corrected chi connectivity index (χ0v) is 17.1. The fourth-order valence-electron chi connectivity index (χ4n) is 2.57. The highest BCUT2D eigenvalue weighted by Crippen LogP contribution is 2.28. The van der Waals surface area contributed by atoms with Crippen LogP contribution < -0.4 is 19.5 Å². The van der Waals surface area contributed by atoms with Gasteiger partial charge >= 0.3 is 0 Å². The van der Waals surface area contributed by atoms with Gasteiger partial charge in [-0.2, -0.15) is 0 Å². The second-order valence-electron chi connectivity index (χ2n) is 6.46. The van der Waals surface area contributed by atoms with Gasteiger partial charge in [0.15, 0.2) is 0 Å². The summed E-state index contributed by atoms with van der Waals surface area (Å²) in [5.74, 6) is 1.05.